The molecule has 0 spiro atoms. The molecule has 0 saturated carbocycles. The van der Waals surface area contributed by atoms with Gasteiger partial charge in [-0.3, -0.25) is 23.9 Å². The van der Waals surface area contributed by atoms with Crippen LogP contribution in [0.3, 0.4) is 0 Å². The molecule has 0 aromatic heterocycles. The lowest BCUT2D eigenvalue weighted by Crippen LogP contribution is -2.58. The SMILES string of the molecule is Cc1ccc(S(=O)(=O)OCc2cccc3c2C(=O)N(N2CCC(=O)NC2=O)C3=O)cc1. The van der Waals surface area contributed by atoms with E-state index in [1.54, 1.807) is 12.1 Å². The first kappa shape index (κ1) is 20.7. The van der Waals surface area contributed by atoms with Crippen molar-refractivity contribution >= 4 is 33.9 Å². The molecule has 4 rings (SSSR count). The van der Waals surface area contributed by atoms with Crippen molar-refractivity contribution in [3.63, 3.8) is 0 Å². The first-order valence-corrected chi connectivity index (χ1v) is 10.7. The summed E-state index contributed by atoms with van der Waals surface area (Å²) in [6.07, 6.45) is -0.0656. The van der Waals surface area contributed by atoms with Crippen molar-refractivity contribution in [3.8, 4) is 0 Å². The number of urea groups is 1. The fourth-order valence-electron chi connectivity index (χ4n) is 3.34. The van der Waals surface area contributed by atoms with E-state index in [2.05, 4.69) is 5.32 Å². The van der Waals surface area contributed by atoms with E-state index in [9.17, 15) is 27.6 Å². The summed E-state index contributed by atoms with van der Waals surface area (Å²) < 4.78 is 30.1. The van der Waals surface area contributed by atoms with Crippen LogP contribution >= 0.6 is 0 Å². The molecule has 0 atom stereocenters. The van der Waals surface area contributed by atoms with Gasteiger partial charge in [-0.25, -0.2) is 9.80 Å². The third-order valence-corrected chi connectivity index (χ3v) is 6.21. The summed E-state index contributed by atoms with van der Waals surface area (Å²) >= 11 is 0. The van der Waals surface area contributed by atoms with Crippen LogP contribution in [-0.4, -0.2) is 48.7 Å². The molecule has 1 fully saturated rings. The minimum atomic E-state index is -4.09. The molecule has 0 aliphatic carbocycles. The zero-order valence-corrected chi connectivity index (χ0v) is 17.1. The number of amides is 5. The van der Waals surface area contributed by atoms with Gasteiger partial charge in [0.15, 0.2) is 0 Å². The number of rotatable bonds is 5. The smallest absolute Gasteiger partial charge is 0.276 e. The maximum absolute atomic E-state index is 13.0. The molecule has 1 saturated heterocycles. The molecule has 2 heterocycles. The summed E-state index contributed by atoms with van der Waals surface area (Å²) in [6.45, 7) is 1.21. The summed E-state index contributed by atoms with van der Waals surface area (Å²) in [5.41, 5.74) is 1.04. The van der Waals surface area contributed by atoms with Crippen LogP contribution in [0, 0.1) is 6.92 Å². The molecule has 160 valence electrons. The van der Waals surface area contributed by atoms with Crippen LogP contribution in [0.15, 0.2) is 47.4 Å². The van der Waals surface area contributed by atoms with Gasteiger partial charge in [0, 0.05) is 6.42 Å². The largest absolute Gasteiger partial charge is 0.343 e. The van der Waals surface area contributed by atoms with Gasteiger partial charge in [-0.15, -0.1) is 0 Å². The number of nitrogens with one attached hydrogen (secondary N) is 1. The Bertz CT molecular complexity index is 1220. The van der Waals surface area contributed by atoms with Crippen LogP contribution in [0.25, 0.3) is 0 Å². The molecule has 0 unspecified atom stereocenters. The van der Waals surface area contributed by atoms with Crippen LogP contribution < -0.4 is 5.32 Å². The van der Waals surface area contributed by atoms with E-state index in [0.29, 0.717) is 5.01 Å². The topological polar surface area (TPSA) is 130 Å². The molecule has 2 aliphatic heterocycles. The molecule has 10 nitrogen and oxygen atoms in total. The number of hydrazine groups is 1. The van der Waals surface area contributed by atoms with Crippen LogP contribution in [0.1, 0.15) is 38.3 Å². The number of imide groups is 2. The van der Waals surface area contributed by atoms with Crippen molar-refractivity contribution in [1.82, 2.24) is 15.3 Å². The molecule has 2 aromatic rings. The number of carbonyl (C=O) groups is 4. The third kappa shape index (κ3) is 3.68. The predicted molar refractivity (Wildman–Crippen MR) is 105 cm³/mol. The average Bonchev–Trinajstić information content (AvgIpc) is 2.98. The summed E-state index contributed by atoms with van der Waals surface area (Å²) in [5, 5.41) is 3.57. The Morgan fingerprint density at radius 1 is 1.00 bits per heavy atom. The summed E-state index contributed by atoms with van der Waals surface area (Å²) in [5.74, 6) is -2.04. The van der Waals surface area contributed by atoms with Crippen molar-refractivity contribution in [2.45, 2.75) is 24.8 Å². The fraction of sp³-hybridized carbons (Fsp3) is 0.200. The van der Waals surface area contributed by atoms with Crippen molar-refractivity contribution < 1.29 is 31.8 Å². The molecule has 11 heteroatoms. The van der Waals surface area contributed by atoms with Gasteiger partial charge in [0.1, 0.15) is 0 Å². The zero-order valence-electron chi connectivity index (χ0n) is 16.3. The van der Waals surface area contributed by atoms with Crippen molar-refractivity contribution in [3.05, 3.63) is 64.7 Å². The van der Waals surface area contributed by atoms with Gasteiger partial charge in [-0.1, -0.05) is 29.8 Å². The normalized spacial score (nSPS) is 16.5. The summed E-state index contributed by atoms with van der Waals surface area (Å²) in [4.78, 5) is 49.2. The number of fused-ring (bicyclic) bond motifs is 1. The molecule has 31 heavy (non-hydrogen) atoms. The molecule has 2 aromatic carbocycles. The molecule has 2 aliphatic rings. The highest BCUT2D eigenvalue weighted by Crippen LogP contribution is 2.29. The Hall–Kier alpha value is -3.57. The molecular weight excluding hydrogens is 426 g/mol. The maximum atomic E-state index is 13.0. The molecule has 0 radical (unpaired) electrons. The molecule has 1 N–H and O–H groups in total. The van der Waals surface area contributed by atoms with E-state index in [1.807, 2.05) is 6.92 Å². The Kier molecular flexibility index (Phi) is 5.07. The summed E-state index contributed by atoms with van der Waals surface area (Å²) in [7, 11) is -4.09. The second-order valence-electron chi connectivity index (χ2n) is 7.02. The lowest BCUT2D eigenvalue weighted by Gasteiger charge is -2.32. The highest BCUT2D eigenvalue weighted by molar-refractivity contribution is 7.86. The van der Waals surface area contributed by atoms with E-state index < -0.39 is 40.5 Å². The van der Waals surface area contributed by atoms with E-state index in [1.165, 1.54) is 30.3 Å². The number of benzene rings is 2. The Labute approximate surface area is 177 Å². The van der Waals surface area contributed by atoms with Gasteiger partial charge in [0.05, 0.1) is 29.2 Å². The van der Waals surface area contributed by atoms with Crippen LogP contribution in [0.5, 0.6) is 0 Å². The zero-order chi connectivity index (χ0) is 22.3. The Morgan fingerprint density at radius 2 is 1.71 bits per heavy atom. The van der Waals surface area contributed by atoms with E-state index in [0.717, 1.165) is 10.6 Å². The quantitative estimate of drug-likeness (QED) is 0.545. The monoisotopic (exact) mass is 443 g/mol. The third-order valence-electron chi connectivity index (χ3n) is 4.93. The summed E-state index contributed by atoms with van der Waals surface area (Å²) in [6, 6.07) is 9.56. The fourth-order valence-corrected chi connectivity index (χ4v) is 4.23. The number of carbonyl (C=O) groups excluding carboxylic acids is 4. The van der Waals surface area contributed by atoms with E-state index >= 15 is 0 Å². The van der Waals surface area contributed by atoms with Crippen molar-refractivity contribution in [2.24, 2.45) is 0 Å². The maximum Gasteiger partial charge on any atom is 0.343 e. The van der Waals surface area contributed by atoms with Gasteiger partial charge >= 0.3 is 6.03 Å². The number of aryl methyl sites for hydroxylation is 1. The van der Waals surface area contributed by atoms with Gasteiger partial charge in [-0.2, -0.15) is 13.4 Å². The van der Waals surface area contributed by atoms with Crippen molar-refractivity contribution in [1.29, 1.82) is 0 Å². The van der Waals surface area contributed by atoms with Gasteiger partial charge in [-0.05, 0) is 30.7 Å². The van der Waals surface area contributed by atoms with Crippen LogP contribution in [0.2, 0.25) is 0 Å². The second kappa shape index (κ2) is 7.60. The minimum Gasteiger partial charge on any atom is -0.276 e. The highest BCUT2D eigenvalue weighted by atomic mass is 32.2. The molecular formula is C20H17N3O7S. The van der Waals surface area contributed by atoms with Crippen molar-refractivity contribution in [2.75, 3.05) is 6.54 Å². The lowest BCUT2D eigenvalue weighted by molar-refractivity contribution is -0.122. The Balaban J connectivity index is 1.60. The van der Waals surface area contributed by atoms with E-state index in [-0.39, 0.29) is 34.6 Å². The molecule has 0 bridgehead atoms. The molecule has 5 amide bonds. The first-order valence-electron chi connectivity index (χ1n) is 9.27. The van der Waals surface area contributed by atoms with Gasteiger partial charge < -0.3 is 0 Å². The van der Waals surface area contributed by atoms with Gasteiger partial charge in [0.2, 0.25) is 5.91 Å². The second-order valence-corrected chi connectivity index (χ2v) is 8.63. The number of hydrogen-bond donors (Lipinski definition) is 1. The number of nitrogens with zero attached hydrogens (tertiary/aromatic N) is 2. The highest BCUT2D eigenvalue weighted by Gasteiger charge is 2.44. The lowest BCUT2D eigenvalue weighted by atomic mass is 10.0. The minimum absolute atomic E-state index is 0.0172. The van der Waals surface area contributed by atoms with Gasteiger partial charge in [0.25, 0.3) is 21.9 Å². The van der Waals surface area contributed by atoms with Crippen LogP contribution in [0.4, 0.5) is 4.79 Å². The first-order chi connectivity index (χ1) is 14.7. The predicted octanol–water partition coefficient (Wildman–Crippen LogP) is 1.35. The number of hydrogen-bond acceptors (Lipinski definition) is 7. The van der Waals surface area contributed by atoms with E-state index in [4.69, 9.17) is 4.18 Å². The standard InChI is InChI=1S/C20H17N3O7S/c1-12-5-7-14(8-6-12)31(28,29)30-11-13-3-2-4-15-17(13)19(26)23(18(15)25)22-10-9-16(24)21-20(22)27/h2-8H,9-11H2,1H3,(H,21,24,27). The average molecular weight is 443 g/mol. The van der Waals surface area contributed by atoms with Crippen LogP contribution in [-0.2, 0) is 25.7 Å². The Morgan fingerprint density at radius 3 is 2.39 bits per heavy atom.